The molecule has 36 heavy (non-hydrogen) atoms. The van der Waals surface area contributed by atoms with Crippen LogP contribution in [-0.2, 0) is 22.6 Å². The third kappa shape index (κ3) is 5.87. The minimum Gasteiger partial charge on any atom is -0.481 e. The molecule has 1 aliphatic rings. The van der Waals surface area contributed by atoms with Gasteiger partial charge in [-0.15, -0.1) is 0 Å². The molecule has 0 aromatic heterocycles. The molecule has 1 atom stereocenters. The van der Waals surface area contributed by atoms with E-state index in [1.807, 2.05) is 30.3 Å². The summed E-state index contributed by atoms with van der Waals surface area (Å²) in [6.07, 6.45) is 0.275. The summed E-state index contributed by atoms with van der Waals surface area (Å²) in [5, 5.41) is 22.7. The maximum Gasteiger partial charge on any atom is 0.305 e. The highest BCUT2D eigenvalue weighted by Gasteiger charge is 2.31. The molecule has 0 fully saturated rings. The zero-order valence-electron chi connectivity index (χ0n) is 19.5. The number of nitrogens with one attached hydrogen (secondary N) is 3. The monoisotopic (exact) mass is 485 g/mol. The van der Waals surface area contributed by atoms with Gasteiger partial charge in [0.05, 0.1) is 6.42 Å². The maximum atomic E-state index is 13.2. The maximum absolute atomic E-state index is 13.2. The second kappa shape index (κ2) is 10.7. The van der Waals surface area contributed by atoms with Gasteiger partial charge in [-0.05, 0) is 60.0 Å². The van der Waals surface area contributed by atoms with Crippen LogP contribution in [0.1, 0.15) is 33.5 Å². The molecule has 1 heterocycles. The van der Waals surface area contributed by atoms with Crippen LogP contribution in [0.25, 0.3) is 0 Å². The normalized spacial score (nSPS) is 14.8. The first-order valence-corrected chi connectivity index (χ1v) is 11.5. The van der Waals surface area contributed by atoms with Crippen LogP contribution in [0.15, 0.2) is 72.8 Å². The SMILES string of the molecule is N=C(N)c1ccc(NC(=O)c2ccc3c(c2)CN(CCc2ccccc2)C(=O)[C@@H](CC(=O)O)N3)cc1. The first-order valence-electron chi connectivity index (χ1n) is 11.5. The molecule has 0 saturated carbocycles. The van der Waals surface area contributed by atoms with Gasteiger partial charge in [-0.2, -0.15) is 0 Å². The van der Waals surface area contributed by atoms with Gasteiger partial charge < -0.3 is 26.4 Å². The molecule has 2 amide bonds. The average Bonchev–Trinajstić information content (AvgIpc) is 2.99. The summed E-state index contributed by atoms with van der Waals surface area (Å²) in [6.45, 7) is 0.664. The van der Waals surface area contributed by atoms with Gasteiger partial charge >= 0.3 is 5.97 Å². The predicted molar refractivity (Wildman–Crippen MR) is 137 cm³/mol. The number of aliphatic carboxylic acids is 1. The lowest BCUT2D eigenvalue weighted by molar-refractivity contribution is -0.141. The van der Waals surface area contributed by atoms with Crippen LogP contribution in [0, 0.1) is 5.41 Å². The summed E-state index contributed by atoms with van der Waals surface area (Å²) in [6, 6.07) is 20.5. The predicted octanol–water partition coefficient (Wildman–Crippen LogP) is 3.06. The Hall–Kier alpha value is -4.66. The first-order chi connectivity index (χ1) is 17.3. The minimum atomic E-state index is -1.07. The number of nitrogens with zero attached hydrogens (tertiary/aromatic N) is 1. The highest BCUT2D eigenvalue weighted by Crippen LogP contribution is 2.26. The molecule has 4 rings (SSSR count). The number of rotatable bonds is 8. The number of carbonyl (C=O) groups is 3. The zero-order valence-corrected chi connectivity index (χ0v) is 19.5. The molecule has 184 valence electrons. The standard InChI is InChI=1S/C27H27N5O4/c28-25(29)18-6-9-21(10-7-18)30-26(35)19-8-11-22-20(14-19)16-32(13-12-17-4-2-1-3-5-17)27(36)23(31-22)15-24(33)34/h1-11,14,23,31H,12-13,15-16H2,(H3,28,29)(H,30,35)(H,33,34)/t23-/m1/s1. The Bertz CT molecular complexity index is 1290. The fourth-order valence-electron chi connectivity index (χ4n) is 4.11. The highest BCUT2D eigenvalue weighted by molar-refractivity contribution is 6.05. The molecule has 3 aromatic carbocycles. The topological polar surface area (TPSA) is 149 Å². The molecule has 0 unspecified atom stereocenters. The fraction of sp³-hybridized carbons (Fsp3) is 0.185. The molecule has 6 N–H and O–H groups in total. The van der Waals surface area contributed by atoms with Crippen LogP contribution in [0.5, 0.6) is 0 Å². The van der Waals surface area contributed by atoms with Crippen molar-refractivity contribution < 1.29 is 19.5 Å². The van der Waals surface area contributed by atoms with E-state index < -0.39 is 12.0 Å². The second-order valence-electron chi connectivity index (χ2n) is 8.61. The van der Waals surface area contributed by atoms with Gasteiger partial charge in [0, 0.05) is 35.6 Å². The van der Waals surface area contributed by atoms with Crippen molar-refractivity contribution in [2.45, 2.75) is 25.4 Å². The number of hydrogen-bond donors (Lipinski definition) is 5. The number of benzene rings is 3. The Labute approximate surface area is 208 Å². The highest BCUT2D eigenvalue weighted by atomic mass is 16.4. The van der Waals surface area contributed by atoms with Crippen LogP contribution in [0.3, 0.4) is 0 Å². The number of nitrogens with two attached hydrogens (primary N) is 1. The smallest absolute Gasteiger partial charge is 0.305 e. The summed E-state index contributed by atoms with van der Waals surface area (Å²) in [4.78, 5) is 39.2. The lowest BCUT2D eigenvalue weighted by Crippen LogP contribution is -2.42. The summed E-state index contributed by atoms with van der Waals surface area (Å²) in [5.41, 5.74) is 9.41. The number of anilines is 2. The molecular formula is C27H27N5O4. The Kier molecular flexibility index (Phi) is 7.29. The lowest BCUT2D eigenvalue weighted by atomic mass is 10.1. The largest absolute Gasteiger partial charge is 0.481 e. The number of hydrogen-bond acceptors (Lipinski definition) is 5. The number of fused-ring (bicyclic) bond motifs is 1. The summed E-state index contributed by atoms with van der Waals surface area (Å²) >= 11 is 0. The van der Waals surface area contributed by atoms with Crippen molar-refractivity contribution in [1.29, 1.82) is 5.41 Å². The molecule has 0 saturated heterocycles. The summed E-state index contributed by atoms with van der Waals surface area (Å²) in [7, 11) is 0. The van der Waals surface area contributed by atoms with E-state index in [1.54, 1.807) is 47.4 Å². The van der Waals surface area contributed by atoms with Crippen molar-refractivity contribution in [3.63, 3.8) is 0 Å². The van der Waals surface area contributed by atoms with Gasteiger partial charge in [0.25, 0.3) is 5.91 Å². The summed E-state index contributed by atoms with van der Waals surface area (Å²) < 4.78 is 0. The minimum absolute atomic E-state index is 0.0568. The average molecular weight is 486 g/mol. The van der Waals surface area contributed by atoms with Crippen molar-refractivity contribution >= 4 is 35.0 Å². The Morgan fingerprint density at radius 2 is 1.75 bits per heavy atom. The number of amidine groups is 1. The molecule has 0 bridgehead atoms. The van der Waals surface area contributed by atoms with E-state index in [0.717, 1.165) is 11.1 Å². The zero-order chi connectivity index (χ0) is 25.7. The molecule has 0 spiro atoms. The van der Waals surface area contributed by atoms with Crippen molar-refractivity contribution in [3.05, 3.63) is 95.1 Å². The van der Waals surface area contributed by atoms with Crippen LogP contribution < -0.4 is 16.4 Å². The van der Waals surface area contributed by atoms with E-state index in [0.29, 0.717) is 35.5 Å². The molecule has 9 heteroatoms. The van der Waals surface area contributed by atoms with E-state index in [9.17, 15) is 19.5 Å². The van der Waals surface area contributed by atoms with Gasteiger partial charge in [0.15, 0.2) is 0 Å². The first kappa shape index (κ1) is 24.5. The summed E-state index contributed by atoms with van der Waals surface area (Å²) in [5.74, 6) is -1.75. The molecule has 1 aliphatic heterocycles. The Morgan fingerprint density at radius 3 is 2.42 bits per heavy atom. The van der Waals surface area contributed by atoms with Gasteiger partial charge in [-0.25, -0.2) is 0 Å². The number of carbonyl (C=O) groups excluding carboxylic acids is 2. The van der Waals surface area contributed by atoms with Crippen molar-refractivity contribution in [2.75, 3.05) is 17.2 Å². The van der Waals surface area contributed by atoms with Gasteiger partial charge in [0.1, 0.15) is 11.9 Å². The van der Waals surface area contributed by atoms with E-state index in [1.165, 1.54) is 0 Å². The van der Waals surface area contributed by atoms with Crippen LogP contribution in [-0.4, -0.2) is 46.2 Å². The molecule has 9 nitrogen and oxygen atoms in total. The van der Waals surface area contributed by atoms with Crippen molar-refractivity contribution in [2.24, 2.45) is 5.73 Å². The number of carboxylic acid groups (broad SMARTS) is 1. The van der Waals surface area contributed by atoms with Crippen LogP contribution in [0.4, 0.5) is 11.4 Å². The van der Waals surface area contributed by atoms with E-state index in [2.05, 4.69) is 10.6 Å². The number of amides is 2. The third-order valence-electron chi connectivity index (χ3n) is 6.01. The Balaban J connectivity index is 1.55. The van der Waals surface area contributed by atoms with Crippen LogP contribution in [0.2, 0.25) is 0 Å². The van der Waals surface area contributed by atoms with Gasteiger partial charge in [-0.3, -0.25) is 19.8 Å². The van der Waals surface area contributed by atoms with Gasteiger partial charge in [0.2, 0.25) is 5.91 Å². The number of nitrogen functional groups attached to an aromatic ring is 1. The van der Waals surface area contributed by atoms with Crippen LogP contribution >= 0.6 is 0 Å². The molecule has 3 aromatic rings. The lowest BCUT2D eigenvalue weighted by Gasteiger charge is -2.24. The van der Waals surface area contributed by atoms with E-state index in [4.69, 9.17) is 11.1 Å². The number of carboxylic acids is 1. The molecular weight excluding hydrogens is 458 g/mol. The fourth-order valence-corrected chi connectivity index (χ4v) is 4.11. The van der Waals surface area contributed by atoms with Crippen molar-refractivity contribution in [3.8, 4) is 0 Å². The van der Waals surface area contributed by atoms with E-state index >= 15 is 0 Å². The second-order valence-corrected chi connectivity index (χ2v) is 8.61. The van der Waals surface area contributed by atoms with Gasteiger partial charge in [-0.1, -0.05) is 30.3 Å². The molecule has 0 radical (unpaired) electrons. The van der Waals surface area contributed by atoms with E-state index in [-0.39, 0.29) is 30.6 Å². The van der Waals surface area contributed by atoms with Crippen molar-refractivity contribution in [1.82, 2.24) is 4.90 Å². The Morgan fingerprint density at radius 1 is 1.06 bits per heavy atom. The molecule has 0 aliphatic carbocycles. The quantitative estimate of drug-likeness (QED) is 0.245. The third-order valence-corrected chi connectivity index (χ3v) is 6.01.